The van der Waals surface area contributed by atoms with Crippen LogP contribution in [0.2, 0.25) is 5.02 Å². The Kier molecular flexibility index (Phi) is 6.93. The maximum absolute atomic E-state index is 11.8. The molecule has 1 aromatic heterocycles. The van der Waals surface area contributed by atoms with Crippen molar-refractivity contribution in [3.63, 3.8) is 0 Å². The lowest BCUT2D eigenvalue weighted by atomic mass is 10.1. The zero-order valence-corrected chi connectivity index (χ0v) is 15.5. The van der Waals surface area contributed by atoms with E-state index in [1.807, 2.05) is 0 Å². The second-order valence-corrected chi connectivity index (χ2v) is 7.01. The summed E-state index contributed by atoms with van der Waals surface area (Å²) in [6.07, 6.45) is 0.968. The molecule has 1 aromatic carbocycles. The molecule has 2 aromatic rings. The average molecular weight is 369 g/mol. The van der Waals surface area contributed by atoms with Gasteiger partial charge in [-0.25, -0.2) is 4.98 Å². The summed E-state index contributed by atoms with van der Waals surface area (Å²) in [5, 5.41) is 11.0. The molecule has 24 heavy (non-hydrogen) atoms. The molecule has 0 spiro atoms. The number of nitrogens with one attached hydrogen (secondary N) is 2. The maximum Gasteiger partial charge on any atom is 0.230 e. The van der Waals surface area contributed by atoms with Gasteiger partial charge >= 0.3 is 0 Å². The molecule has 8 heteroatoms. The van der Waals surface area contributed by atoms with E-state index < -0.39 is 0 Å². The Balaban J connectivity index is 1.94. The van der Waals surface area contributed by atoms with Crippen LogP contribution in [0.15, 0.2) is 23.4 Å². The van der Waals surface area contributed by atoms with Crippen molar-refractivity contribution in [2.24, 2.45) is 5.92 Å². The van der Waals surface area contributed by atoms with Gasteiger partial charge in [0.25, 0.3) is 0 Å². The van der Waals surface area contributed by atoms with Gasteiger partial charge in [0, 0.05) is 11.6 Å². The summed E-state index contributed by atoms with van der Waals surface area (Å²) in [4.78, 5) is 16.2. The van der Waals surface area contributed by atoms with Crippen molar-refractivity contribution in [3.8, 4) is 17.1 Å². The van der Waals surface area contributed by atoms with E-state index in [2.05, 4.69) is 34.3 Å². The van der Waals surface area contributed by atoms with Gasteiger partial charge < -0.3 is 10.1 Å². The zero-order valence-electron chi connectivity index (χ0n) is 13.9. The molecule has 130 valence electrons. The van der Waals surface area contributed by atoms with Crippen LogP contribution in [0.5, 0.6) is 5.75 Å². The van der Waals surface area contributed by atoms with E-state index in [1.54, 1.807) is 25.3 Å². The second-order valence-electron chi connectivity index (χ2n) is 5.63. The van der Waals surface area contributed by atoms with Gasteiger partial charge in [-0.1, -0.05) is 37.2 Å². The molecule has 0 saturated carbocycles. The van der Waals surface area contributed by atoms with Crippen molar-refractivity contribution in [1.29, 1.82) is 0 Å². The van der Waals surface area contributed by atoms with Gasteiger partial charge in [-0.3, -0.25) is 9.89 Å². The first-order valence-electron chi connectivity index (χ1n) is 7.65. The summed E-state index contributed by atoms with van der Waals surface area (Å²) >= 11 is 7.31. The van der Waals surface area contributed by atoms with Gasteiger partial charge in [0.1, 0.15) is 5.75 Å². The molecule has 2 N–H and O–H groups in total. The summed E-state index contributed by atoms with van der Waals surface area (Å²) in [5.41, 5.74) is 0.728. The number of carbonyl (C=O) groups excluding carboxylic acids is 1. The summed E-state index contributed by atoms with van der Waals surface area (Å²) in [7, 11) is 1.58. The number of aromatic nitrogens is 3. The number of hydrogen-bond acceptors (Lipinski definition) is 5. The topological polar surface area (TPSA) is 79.9 Å². The van der Waals surface area contributed by atoms with Crippen LogP contribution in [0.3, 0.4) is 0 Å². The maximum atomic E-state index is 11.8. The molecule has 0 aliphatic rings. The van der Waals surface area contributed by atoms with Gasteiger partial charge in [-0.05, 0) is 30.5 Å². The Labute approximate surface area is 150 Å². The van der Waals surface area contributed by atoms with Gasteiger partial charge in [-0.2, -0.15) is 0 Å². The first-order valence-corrected chi connectivity index (χ1v) is 9.01. The number of benzene rings is 1. The minimum Gasteiger partial charge on any atom is -0.496 e. The second kappa shape index (κ2) is 8.94. The number of nitrogens with zero attached hydrogens (tertiary/aromatic N) is 2. The molecule has 1 amide bonds. The minimum atomic E-state index is -0.0210. The first kappa shape index (κ1) is 18.6. The van der Waals surface area contributed by atoms with E-state index in [0.29, 0.717) is 34.2 Å². The zero-order chi connectivity index (χ0) is 17.5. The van der Waals surface area contributed by atoms with Crippen LogP contribution in [-0.2, 0) is 4.79 Å². The van der Waals surface area contributed by atoms with Gasteiger partial charge in [0.2, 0.25) is 11.1 Å². The van der Waals surface area contributed by atoms with Crippen LogP contribution in [0.25, 0.3) is 11.4 Å². The lowest BCUT2D eigenvalue weighted by Gasteiger charge is -2.06. The molecular formula is C16H21ClN4O2S. The third-order valence-electron chi connectivity index (χ3n) is 3.26. The summed E-state index contributed by atoms with van der Waals surface area (Å²) in [6.45, 7) is 4.94. The van der Waals surface area contributed by atoms with Crippen LogP contribution in [-0.4, -0.2) is 40.5 Å². The van der Waals surface area contributed by atoms with E-state index in [0.717, 1.165) is 12.0 Å². The quantitative estimate of drug-likeness (QED) is 0.698. The summed E-state index contributed by atoms with van der Waals surface area (Å²) < 4.78 is 5.31. The number of aromatic amines is 1. The van der Waals surface area contributed by atoms with Crippen molar-refractivity contribution in [3.05, 3.63) is 23.2 Å². The number of amides is 1. The van der Waals surface area contributed by atoms with Gasteiger partial charge in [-0.15, -0.1) is 5.10 Å². The monoisotopic (exact) mass is 368 g/mol. The number of methoxy groups -OCH3 is 1. The fourth-order valence-corrected chi connectivity index (χ4v) is 2.78. The number of carbonyl (C=O) groups is 1. The number of H-pyrrole nitrogens is 1. The largest absolute Gasteiger partial charge is 0.496 e. The van der Waals surface area contributed by atoms with Crippen LogP contribution in [0.1, 0.15) is 20.3 Å². The number of thioether (sulfide) groups is 1. The Morgan fingerprint density at radius 2 is 2.25 bits per heavy atom. The molecule has 0 radical (unpaired) electrons. The van der Waals surface area contributed by atoms with Crippen molar-refractivity contribution in [2.45, 2.75) is 25.4 Å². The van der Waals surface area contributed by atoms with Crippen LogP contribution in [0.4, 0.5) is 0 Å². The fourth-order valence-electron chi connectivity index (χ4n) is 1.98. The highest BCUT2D eigenvalue weighted by atomic mass is 35.5. The Morgan fingerprint density at radius 1 is 1.46 bits per heavy atom. The average Bonchev–Trinajstić information content (AvgIpc) is 3.01. The number of hydrogen-bond donors (Lipinski definition) is 2. The predicted octanol–water partition coefficient (Wildman–Crippen LogP) is 3.39. The van der Waals surface area contributed by atoms with Crippen molar-refractivity contribution in [1.82, 2.24) is 20.5 Å². The predicted molar refractivity (Wildman–Crippen MR) is 96.6 cm³/mol. The van der Waals surface area contributed by atoms with Gasteiger partial charge in [0.05, 0.1) is 18.4 Å². The van der Waals surface area contributed by atoms with E-state index in [-0.39, 0.29) is 11.7 Å². The molecule has 1 heterocycles. The molecule has 0 aliphatic heterocycles. The normalized spacial score (nSPS) is 10.9. The lowest BCUT2D eigenvalue weighted by Crippen LogP contribution is -2.26. The first-order chi connectivity index (χ1) is 11.5. The van der Waals surface area contributed by atoms with E-state index in [1.165, 1.54) is 11.8 Å². The fraction of sp³-hybridized carbons (Fsp3) is 0.438. The molecule has 0 fully saturated rings. The Hall–Kier alpha value is -1.73. The highest BCUT2D eigenvalue weighted by Crippen LogP contribution is 2.31. The number of rotatable bonds is 8. The Bertz CT molecular complexity index is 690. The summed E-state index contributed by atoms with van der Waals surface area (Å²) in [6, 6.07) is 5.28. The van der Waals surface area contributed by atoms with Crippen molar-refractivity contribution < 1.29 is 9.53 Å². The molecule has 0 saturated heterocycles. The smallest absolute Gasteiger partial charge is 0.230 e. The molecule has 0 unspecified atom stereocenters. The van der Waals surface area contributed by atoms with Crippen LogP contribution in [0, 0.1) is 5.92 Å². The molecule has 0 atom stereocenters. The van der Waals surface area contributed by atoms with Crippen molar-refractivity contribution in [2.75, 3.05) is 19.4 Å². The van der Waals surface area contributed by atoms with Crippen LogP contribution < -0.4 is 10.1 Å². The third-order valence-corrected chi connectivity index (χ3v) is 4.34. The standard InChI is InChI=1S/C16H21ClN4O2S/c1-10(2)6-7-18-14(22)9-24-16-19-15(20-21-16)12-8-11(17)4-5-13(12)23-3/h4-5,8,10H,6-7,9H2,1-3H3,(H,18,22)(H,19,20,21). The highest BCUT2D eigenvalue weighted by Gasteiger charge is 2.13. The van der Waals surface area contributed by atoms with Crippen LogP contribution >= 0.6 is 23.4 Å². The van der Waals surface area contributed by atoms with E-state index in [9.17, 15) is 4.79 Å². The molecular weight excluding hydrogens is 348 g/mol. The minimum absolute atomic E-state index is 0.0210. The number of halogens is 1. The third kappa shape index (κ3) is 5.42. The van der Waals surface area contributed by atoms with Gasteiger partial charge in [0.15, 0.2) is 5.82 Å². The van der Waals surface area contributed by atoms with Crippen molar-refractivity contribution >= 4 is 29.3 Å². The SMILES string of the molecule is COc1ccc(Cl)cc1-c1nc(SCC(=O)NCCC(C)C)n[nH]1. The highest BCUT2D eigenvalue weighted by molar-refractivity contribution is 7.99. The molecule has 0 aliphatic carbocycles. The van der Waals surface area contributed by atoms with E-state index in [4.69, 9.17) is 16.3 Å². The number of ether oxygens (including phenoxy) is 1. The Morgan fingerprint density at radius 3 is 2.96 bits per heavy atom. The summed E-state index contributed by atoms with van der Waals surface area (Å²) in [5.74, 6) is 2.03. The molecule has 6 nitrogen and oxygen atoms in total. The molecule has 0 bridgehead atoms. The lowest BCUT2D eigenvalue weighted by molar-refractivity contribution is -0.118. The van der Waals surface area contributed by atoms with E-state index >= 15 is 0 Å². The molecule has 2 rings (SSSR count).